The van der Waals surface area contributed by atoms with Crippen LogP contribution < -0.4 is 10.1 Å². The lowest BCUT2D eigenvalue weighted by Crippen LogP contribution is -2.33. The molecule has 0 amide bonds. The fourth-order valence-electron chi connectivity index (χ4n) is 5.53. The van der Waals surface area contributed by atoms with E-state index in [0.29, 0.717) is 28.7 Å². The largest absolute Gasteiger partial charge is 0.495 e. The molecule has 1 atom stereocenters. The number of Topliss-reactive ketones (excluding diaryl/α,β-unsaturated/α-hetero) is 1. The molecule has 35 heavy (non-hydrogen) atoms. The minimum Gasteiger partial charge on any atom is -0.495 e. The van der Waals surface area contributed by atoms with Crippen LogP contribution in [-0.2, 0) is 4.79 Å². The standard InChI is InChI=1S/C30H26ClNO3/c1-30(2)15-20-27-19-7-5-4-6-17(19)8-10-22(27)32-29(28(20)23(33)16-30)26-13-12-24(35-26)18-9-11-25(34-3)21(31)14-18/h4-14,29,32H,15-16H2,1-3H3/t29-/m0/s1. The lowest BCUT2D eigenvalue weighted by atomic mass is 9.68. The van der Waals surface area contributed by atoms with E-state index in [1.165, 1.54) is 10.8 Å². The van der Waals surface area contributed by atoms with Crippen LogP contribution in [-0.4, -0.2) is 12.9 Å². The summed E-state index contributed by atoms with van der Waals surface area (Å²) in [5.41, 5.74) is 4.89. The smallest absolute Gasteiger partial charge is 0.162 e. The first-order valence-electron chi connectivity index (χ1n) is 11.8. The maximum Gasteiger partial charge on any atom is 0.162 e. The lowest BCUT2D eigenvalue weighted by molar-refractivity contribution is -0.118. The third kappa shape index (κ3) is 3.64. The van der Waals surface area contributed by atoms with Gasteiger partial charge in [0.05, 0.1) is 12.1 Å². The molecule has 2 heterocycles. The Kier molecular flexibility index (Phi) is 5.05. The van der Waals surface area contributed by atoms with E-state index in [1.54, 1.807) is 7.11 Å². The summed E-state index contributed by atoms with van der Waals surface area (Å²) in [6.07, 6.45) is 1.36. The van der Waals surface area contributed by atoms with Gasteiger partial charge < -0.3 is 14.5 Å². The van der Waals surface area contributed by atoms with Gasteiger partial charge in [0.25, 0.3) is 0 Å². The Morgan fingerprint density at radius 3 is 2.66 bits per heavy atom. The van der Waals surface area contributed by atoms with Crippen molar-refractivity contribution in [3.8, 4) is 17.1 Å². The molecule has 4 nitrogen and oxygen atoms in total. The number of ketones is 1. The van der Waals surface area contributed by atoms with Crippen LogP contribution in [0.1, 0.15) is 44.1 Å². The van der Waals surface area contributed by atoms with Gasteiger partial charge in [-0.2, -0.15) is 0 Å². The molecule has 0 spiro atoms. The highest BCUT2D eigenvalue weighted by molar-refractivity contribution is 6.32. The van der Waals surface area contributed by atoms with Gasteiger partial charge in [0.2, 0.25) is 0 Å². The van der Waals surface area contributed by atoms with Crippen molar-refractivity contribution in [1.82, 2.24) is 0 Å². The Morgan fingerprint density at radius 2 is 1.86 bits per heavy atom. The summed E-state index contributed by atoms with van der Waals surface area (Å²) >= 11 is 6.34. The normalized spacial score (nSPS) is 18.7. The van der Waals surface area contributed by atoms with Crippen LogP contribution in [0.15, 0.2) is 76.7 Å². The van der Waals surface area contributed by atoms with Crippen LogP contribution in [0.2, 0.25) is 5.02 Å². The second-order valence-electron chi connectivity index (χ2n) is 10.2. The summed E-state index contributed by atoms with van der Waals surface area (Å²) in [6.45, 7) is 4.35. The third-order valence-corrected chi connectivity index (χ3v) is 7.38. The van der Waals surface area contributed by atoms with Crippen molar-refractivity contribution in [3.05, 3.63) is 88.6 Å². The van der Waals surface area contributed by atoms with Crippen molar-refractivity contribution in [3.63, 3.8) is 0 Å². The van der Waals surface area contributed by atoms with E-state index in [-0.39, 0.29) is 17.2 Å². The Morgan fingerprint density at radius 1 is 1.03 bits per heavy atom. The molecule has 5 heteroatoms. The molecule has 0 fully saturated rings. The molecule has 0 bridgehead atoms. The lowest BCUT2D eigenvalue weighted by Gasteiger charge is -2.39. The molecule has 1 aliphatic heterocycles. The first-order valence-corrected chi connectivity index (χ1v) is 12.2. The predicted molar refractivity (Wildman–Crippen MR) is 141 cm³/mol. The predicted octanol–water partition coefficient (Wildman–Crippen LogP) is 8.07. The molecule has 6 rings (SSSR count). The quantitative estimate of drug-likeness (QED) is 0.320. The fraction of sp³-hybridized carbons (Fsp3) is 0.233. The molecule has 1 aromatic heterocycles. The van der Waals surface area contributed by atoms with Crippen molar-refractivity contribution < 1.29 is 13.9 Å². The first kappa shape index (κ1) is 22.0. The SMILES string of the molecule is COc1ccc(-c2ccc([C@@H]3Nc4ccc5ccccc5c4C4=C3C(=O)CC(C)(C)C4)o2)cc1Cl. The van der Waals surface area contributed by atoms with Gasteiger partial charge in [0, 0.05) is 28.8 Å². The van der Waals surface area contributed by atoms with Crippen molar-refractivity contribution >= 4 is 39.4 Å². The molecule has 2 aliphatic rings. The van der Waals surface area contributed by atoms with E-state index >= 15 is 0 Å². The summed E-state index contributed by atoms with van der Waals surface area (Å²) in [5.74, 6) is 2.20. The highest BCUT2D eigenvalue weighted by Crippen LogP contribution is 2.52. The topological polar surface area (TPSA) is 51.5 Å². The zero-order valence-electron chi connectivity index (χ0n) is 19.9. The van der Waals surface area contributed by atoms with E-state index < -0.39 is 0 Å². The molecule has 1 aliphatic carbocycles. The Hall–Kier alpha value is -3.50. The minimum absolute atomic E-state index is 0.0970. The van der Waals surface area contributed by atoms with Gasteiger partial charge in [0.1, 0.15) is 23.3 Å². The van der Waals surface area contributed by atoms with Crippen molar-refractivity contribution in [2.75, 3.05) is 12.4 Å². The van der Waals surface area contributed by atoms with Crippen molar-refractivity contribution in [2.45, 2.75) is 32.7 Å². The van der Waals surface area contributed by atoms with Crippen LogP contribution in [0.5, 0.6) is 5.75 Å². The number of nitrogens with one attached hydrogen (secondary N) is 1. The van der Waals surface area contributed by atoms with Gasteiger partial charge in [-0.3, -0.25) is 4.79 Å². The second kappa shape index (κ2) is 8.03. The van der Waals surface area contributed by atoms with Gasteiger partial charge >= 0.3 is 0 Å². The Labute approximate surface area is 209 Å². The van der Waals surface area contributed by atoms with Gasteiger partial charge in [-0.15, -0.1) is 0 Å². The number of halogens is 1. The number of benzene rings is 3. The van der Waals surface area contributed by atoms with Crippen molar-refractivity contribution in [2.24, 2.45) is 5.41 Å². The van der Waals surface area contributed by atoms with E-state index in [2.05, 4.69) is 55.6 Å². The fourth-order valence-corrected chi connectivity index (χ4v) is 5.79. The van der Waals surface area contributed by atoms with Gasteiger partial charge in [-0.05, 0) is 64.6 Å². The number of hydrogen-bond donors (Lipinski definition) is 1. The molecule has 0 saturated heterocycles. The third-order valence-electron chi connectivity index (χ3n) is 7.09. The minimum atomic E-state index is -0.343. The number of anilines is 1. The number of ether oxygens (including phenoxy) is 1. The number of allylic oxidation sites excluding steroid dienone is 1. The highest BCUT2D eigenvalue weighted by atomic mass is 35.5. The monoisotopic (exact) mass is 483 g/mol. The average molecular weight is 484 g/mol. The van der Waals surface area contributed by atoms with Gasteiger partial charge in [-0.1, -0.05) is 55.8 Å². The van der Waals surface area contributed by atoms with Gasteiger partial charge in [-0.25, -0.2) is 0 Å². The van der Waals surface area contributed by atoms with Crippen LogP contribution in [0.4, 0.5) is 5.69 Å². The Bertz CT molecular complexity index is 1530. The van der Waals surface area contributed by atoms with Crippen LogP contribution in [0.25, 0.3) is 27.7 Å². The molecule has 176 valence electrons. The number of rotatable bonds is 3. The maximum atomic E-state index is 13.6. The molecule has 0 saturated carbocycles. The van der Waals surface area contributed by atoms with Crippen LogP contribution >= 0.6 is 11.6 Å². The zero-order chi connectivity index (χ0) is 24.3. The number of fused-ring (bicyclic) bond motifs is 4. The molecular weight excluding hydrogens is 458 g/mol. The van der Waals surface area contributed by atoms with Crippen LogP contribution in [0.3, 0.4) is 0 Å². The molecule has 4 aromatic rings. The van der Waals surface area contributed by atoms with Gasteiger partial charge in [0.15, 0.2) is 5.78 Å². The van der Waals surface area contributed by atoms with Crippen LogP contribution in [0, 0.1) is 5.41 Å². The van der Waals surface area contributed by atoms with E-state index in [9.17, 15) is 4.79 Å². The Balaban J connectivity index is 1.50. The van der Waals surface area contributed by atoms with Crippen molar-refractivity contribution in [1.29, 1.82) is 0 Å². The molecule has 1 N–H and O–H groups in total. The molecule has 3 aromatic carbocycles. The maximum absolute atomic E-state index is 13.6. The number of carbonyl (C=O) groups is 1. The second-order valence-corrected chi connectivity index (χ2v) is 10.6. The summed E-state index contributed by atoms with van der Waals surface area (Å²) in [4.78, 5) is 13.6. The number of carbonyl (C=O) groups excluding carboxylic acids is 1. The summed E-state index contributed by atoms with van der Waals surface area (Å²) in [6, 6.07) is 21.7. The van der Waals surface area contributed by atoms with E-state index in [1.807, 2.05) is 30.3 Å². The number of furan rings is 1. The molecular formula is C30H26ClNO3. The highest BCUT2D eigenvalue weighted by Gasteiger charge is 2.41. The summed E-state index contributed by atoms with van der Waals surface area (Å²) in [5, 5.41) is 6.50. The molecule has 0 unspecified atom stereocenters. The zero-order valence-corrected chi connectivity index (χ0v) is 20.7. The molecule has 0 radical (unpaired) electrons. The summed E-state index contributed by atoms with van der Waals surface area (Å²) in [7, 11) is 1.59. The number of methoxy groups -OCH3 is 1. The first-order chi connectivity index (χ1) is 16.8. The number of hydrogen-bond acceptors (Lipinski definition) is 4. The average Bonchev–Trinajstić information content (AvgIpc) is 3.32. The van der Waals surface area contributed by atoms with E-state index in [4.69, 9.17) is 20.8 Å². The van der Waals surface area contributed by atoms with E-state index in [0.717, 1.165) is 34.4 Å². The summed E-state index contributed by atoms with van der Waals surface area (Å²) < 4.78 is 11.6.